The summed E-state index contributed by atoms with van der Waals surface area (Å²) >= 11 is 0. The Hall–Kier alpha value is -2.95. The zero-order valence-corrected chi connectivity index (χ0v) is 15.6. The van der Waals surface area contributed by atoms with Gasteiger partial charge in [0.25, 0.3) is 0 Å². The van der Waals surface area contributed by atoms with Crippen LogP contribution in [0.2, 0.25) is 0 Å². The summed E-state index contributed by atoms with van der Waals surface area (Å²) in [5.74, 6) is 0.485. The number of aromatic nitrogens is 4. The van der Waals surface area contributed by atoms with E-state index in [0.29, 0.717) is 12.2 Å². The van der Waals surface area contributed by atoms with Crippen LogP contribution in [0.1, 0.15) is 37.6 Å². The third-order valence-electron chi connectivity index (χ3n) is 4.82. The van der Waals surface area contributed by atoms with Gasteiger partial charge in [0.15, 0.2) is 5.65 Å². The molecule has 132 valence electrons. The maximum Gasteiger partial charge on any atom is 0.164 e. The Balaban J connectivity index is 1.96. The fraction of sp³-hybridized carbons (Fsp3) is 0.286. The van der Waals surface area contributed by atoms with Crippen molar-refractivity contribution in [1.29, 1.82) is 0 Å². The van der Waals surface area contributed by atoms with Crippen molar-refractivity contribution >= 4 is 27.6 Å². The Kier molecular flexibility index (Phi) is 3.68. The van der Waals surface area contributed by atoms with Crippen LogP contribution in [0.25, 0.3) is 21.8 Å². The maximum atomic E-state index is 6.21. The molecule has 4 rings (SSSR count). The summed E-state index contributed by atoms with van der Waals surface area (Å²) in [5, 5.41) is 8.24. The van der Waals surface area contributed by atoms with E-state index < -0.39 is 0 Å². The van der Waals surface area contributed by atoms with E-state index in [9.17, 15) is 0 Å². The predicted molar refractivity (Wildman–Crippen MR) is 106 cm³/mol. The van der Waals surface area contributed by atoms with Crippen LogP contribution in [0.15, 0.2) is 42.7 Å². The highest BCUT2D eigenvalue weighted by Gasteiger charge is 2.23. The van der Waals surface area contributed by atoms with Crippen molar-refractivity contribution in [3.8, 4) is 0 Å². The molecule has 4 aromatic rings. The molecule has 0 spiro atoms. The quantitative estimate of drug-likeness (QED) is 0.591. The summed E-state index contributed by atoms with van der Waals surface area (Å²) in [6, 6.07) is 12.8. The van der Waals surface area contributed by atoms with Crippen LogP contribution in [0.3, 0.4) is 0 Å². The predicted octanol–water partition coefficient (Wildman–Crippen LogP) is 4.22. The summed E-state index contributed by atoms with van der Waals surface area (Å²) in [4.78, 5) is 8.67. The molecule has 0 aliphatic rings. The molecule has 0 aliphatic heterocycles. The van der Waals surface area contributed by atoms with Gasteiger partial charge in [0.1, 0.15) is 12.1 Å². The van der Waals surface area contributed by atoms with Crippen LogP contribution >= 0.6 is 0 Å². The number of nitrogens with two attached hydrogens (primary N) is 1. The van der Waals surface area contributed by atoms with Gasteiger partial charge in [-0.1, -0.05) is 36.4 Å². The molecule has 0 unspecified atom stereocenters. The highest BCUT2D eigenvalue weighted by atomic mass is 15.3. The molecule has 0 atom stereocenters. The molecule has 0 amide bonds. The first kappa shape index (κ1) is 16.5. The molecular weight excluding hydrogens is 322 g/mol. The molecule has 0 bridgehead atoms. The van der Waals surface area contributed by atoms with E-state index in [4.69, 9.17) is 10.8 Å². The summed E-state index contributed by atoms with van der Waals surface area (Å²) in [6.07, 6.45) is 2.21. The number of nitrogens with zero attached hydrogens (tertiary/aromatic N) is 4. The largest absolute Gasteiger partial charge is 0.383 e. The fourth-order valence-corrected chi connectivity index (χ4v) is 3.48. The average molecular weight is 345 g/mol. The summed E-state index contributed by atoms with van der Waals surface area (Å²) in [7, 11) is 0. The molecule has 0 fully saturated rings. The number of benzene rings is 2. The Morgan fingerprint density at radius 1 is 1.04 bits per heavy atom. The Morgan fingerprint density at radius 2 is 1.81 bits per heavy atom. The Morgan fingerprint density at radius 3 is 2.58 bits per heavy atom. The van der Waals surface area contributed by atoms with Gasteiger partial charge in [-0.3, -0.25) is 0 Å². The second kappa shape index (κ2) is 5.80. The van der Waals surface area contributed by atoms with Crippen LogP contribution < -0.4 is 5.73 Å². The molecule has 2 aromatic heterocycles. The van der Waals surface area contributed by atoms with Crippen molar-refractivity contribution < 1.29 is 0 Å². The molecule has 0 saturated carbocycles. The minimum Gasteiger partial charge on any atom is -0.383 e. The minimum absolute atomic E-state index is 0.189. The van der Waals surface area contributed by atoms with Crippen LogP contribution in [-0.4, -0.2) is 19.7 Å². The number of aryl methyl sites for hydroxylation is 1. The van der Waals surface area contributed by atoms with Crippen LogP contribution in [0.4, 0.5) is 5.82 Å². The monoisotopic (exact) mass is 345 g/mol. The number of nitrogen functional groups attached to an aromatic ring is 1. The van der Waals surface area contributed by atoms with Gasteiger partial charge >= 0.3 is 0 Å². The zero-order chi connectivity index (χ0) is 18.5. The average Bonchev–Trinajstić information content (AvgIpc) is 2.98. The van der Waals surface area contributed by atoms with Crippen LogP contribution in [0, 0.1) is 6.92 Å². The van der Waals surface area contributed by atoms with E-state index >= 15 is 0 Å². The van der Waals surface area contributed by atoms with E-state index in [2.05, 4.69) is 74.1 Å². The molecule has 0 radical (unpaired) electrons. The number of hydrogen-bond acceptors (Lipinski definition) is 4. The molecule has 26 heavy (non-hydrogen) atoms. The highest BCUT2D eigenvalue weighted by Crippen LogP contribution is 2.30. The van der Waals surface area contributed by atoms with Crippen molar-refractivity contribution in [2.45, 2.75) is 39.7 Å². The van der Waals surface area contributed by atoms with Crippen molar-refractivity contribution in [2.24, 2.45) is 0 Å². The van der Waals surface area contributed by atoms with Crippen molar-refractivity contribution in [2.75, 3.05) is 5.73 Å². The lowest BCUT2D eigenvalue weighted by Crippen LogP contribution is -2.23. The Labute approximate surface area is 152 Å². The van der Waals surface area contributed by atoms with Crippen molar-refractivity contribution in [1.82, 2.24) is 19.7 Å². The first-order valence-electron chi connectivity index (χ1n) is 8.82. The molecule has 5 heteroatoms. The van der Waals surface area contributed by atoms with Gasteiger partial charge in [-0.2, -0.15) is 5.10 Å². The van der Waals surface area contributed by atoms with E-state index in [-0.39, 0.29) is 5.54 Å². The van der Waals surface area contributed by atoms with E-state index in [0.717, 1.165) is 16.7 Å². The van der Waals surface area contributed by atoms with Crippen LogP contribution in [-0.2, 0) is 12.0 Å². The highest BCUT2D eigenvalue weighted by molar-refractivity contribution is 5.91. The van der Waals surface area contributed by atoms with Crippen molar-refractivity contribution in [3.63, 3.8) is 0 Å². The summed E-state index contributed by atoms with van der Waals surface area (Å²) in [5.41, 5.74) is 10.3. The van der Waals surface area contributed by atoms with Gasteiger partial charge in [0.05, 0.1) is 16.6 Å². The van der Waals surface area contributed by atoms with E-state index in [1.165, 1.54) is 28.2 Å². The minimum atomic E-state index is -0.189. The summed E-state index contributed by atoms with van der Waals surface area (Å²) in [6.45, 7) is 8.49. The van der Waals surface area contributed by atoms with Crippen molar-refractivity contribution in [3.05, 3.63) is 59.5 Å². The molecule has 0 aliphatic carbocycles. The smallest absolute Gasteiger partial charge is 0.164 e. The maximum absolute atomic E-state index is 6.21. The lowest BCUT2D eigenvalue weighted by molar-refractivity contribution is 0.363. The molecule has 2 aromatic carbocycles. The molecule has 0 saturated heterocycles. The first-order chi connectivity index (χ1) is 12.4. The van der Waals surface area contributed by atoms with Gasteiger partial charge in [-0.15, -0.1) is 0 Å². The standard InChI is InChI=1S/C21H23N5/c1-13-9-10-14-7-5-6-8-15(14)16(13)11-17-18-19(22)23-12-24-20(18)26(25-17)21(2,3)4/h5-10,12H,11H2,1-4H3,(H2,22,23,24). The fourth-order valence-electron chi connectivity index (χ4n) is 3.48. The van der Waals surface area contributed by atoms with Crippen LogP contribution in [0.5, 0.6) is 0 Å². The first-order valence-corrected chi connectivity index (χ1v) is 8.82. The van der Waals surface area contributed by atoms with Gasteiger partial charge in [-0.25, -0.2) is 14.6 Å². The second-order valence-electron chi connectivity index (χ2n) is 7.75. The SMILES string of the molecule is Cc1ccc2ccccc2c1Cc1nn(C(C)(C)C)c2ncnc(N)c12. The van der Waals surface area contributed by atoms with E-state index in [1.54, 1.807) is 0 Å². The number of fused-ring (bicyclic) bond motifs is 2. The topological polar surface area (TPSA) is 69.6 Å². The zero-order valence-electron chi connectivity index (χ0n) is 15.6. The number of anilines is 1. The van der Waals surface area contributed by atoms with Gasteiger partial charge in [-0.05, 0) is 49.6 Å². The lowest BCUT2D eigenvalue weighted by atomic mass is 9.95. The van der Waals surface area contributed by atoms with Gasteiger partial charge in [0.2, 0.25) is 0 Å². The molecular formula is C21H23N5. The third kappa shape index (κ3) is 2.60. The lowest BCUT2D eigenvalue weighted by Gasteiger charge is -2.19. The Bertz CT molecular complexity index is 1120. The van der Waals surface area contributed by atoms with Gasteiger partial charge < -0.3 is 5.73 Å². The normalized spacial score (nSPS) is 12.2. The number of hydrogen-bond donors (Lipinski definition) is 1. The molecule has 2 heterocycles. The second-order valence-corrected chi connectivity index (χ2v) is 7.75. The summed E-state index contributed by atoms with van der Waals surface area (Å²) < 4.78 is 1.95. The number of rotatable bonds is 2. The van der Waals surface area contributed by atoms with Gasteiger partial charge in [0, 0.05) is 6.42 Å². The molecule has 2 N–H and O–H groups in total. The molecule has 5 nitrogen and oxygen atoms in total. The van der Waals surface area contributed by atoms with E-state index in [1.807, 2.05) is 4.68 Å². The third-order valence-corrected chi connectivity index (χ3v) is 4.82.